The number of benzene rings is 2. The van der Waals surface area contributed by atoms with E-state index in [0.29, 0.717) is 31.6 Å². The van der Waals surface area contributed by atoms with Crippen molar-refractivity contribution in [1.29, 1.82) is 0 Å². The first-order valence-corrected chi connectivity index (χ1v) is 8.75. The number of Topliss-reactive ketones (excluding diaryl/α,β-unsaturated/α-hetero) is 1. The van der Waals surface area contributed by atoms with Crippen molar-refractivity contribution in [3.05, 3.63) is 53.1 Å². The van der Waals surface area contributed by atoms with Crippen molar-refractivity contribution >= 4 is 5.78 Å². The molecular weight excluding hydrogens is 332 g/mol. The molecule has 3 rings (SSSR count). The van der Waals surface area contributed by atoms with Gasteiger partial charge in [-0.2, -0.15) is 0 Å². The fraction of sp³-hybridized carbons (Fsp3) is 0.381. The van der Waals surface area contributed by atoms with Crippen LogP contribution >= 0.6 is 0 Å². The smallest absolute Gasteiger partial charge is 0.130 e. The summed E-state index contributed by atoms with van der Waals surface area (Å²) >= 11 is 0. The van der Waals surface area contributed by atoms with E-state index in [0.717, 1.165) is 16.7 Å². The van der Waals surface area contributed by atoms with Gasteiger partial charge in [0.15, 0.2) is 0 Å². The first kappa shape index (κ1) is 18.3. The molecule has 2 N–H and O–H groups in total. The number of rotatable bonds is 5. The minimum absolute atomic E-state index is 0.116. The fourth-order valence-electron chi connectivity index (χ4n) is 3.64. The topological polar surface area (TPSA) is 76.0 Å². The average molecular weight is 356 g/mol. The van der Waals surface area contributed by atoms with Gasteiger partial charge in [0.2, 0.25) is 0 Å². The SMILES string of the molecule is COCc1cc(O)cc2c1OC(c1ccc(O)cc1)CC(CC(C)=O)C2. The predicted molar refractivity (Wildman–Crippen MR) is 97.4 cm³/mol. The molecule has 138 valence electrons. The third-order valence-electron chi connectivity index (χ3n) is 4.68. The molecule has 0 bridgehead atoms. The third kappa shape index (κ3) is 4.17. The molecule has 1 aliphatic heterocycles. The minimum Gasteiger partial charge on any atom is -0.508 e. The van der Waals surface area contributed by atoms with E-state index in [4.69, 9.17) is 9.47 Å². The number of phenolic OH excluding ortho intramolecular Hbond substituents is 2. The minimum atomic E-state index is -0.235. The van der Waals surface area contributed by atoms with Crippen molar-refractivity contribution in [2.75, 3.05) is 7.11 Å². The van der Waals surface area contributed by atoms with Crippen LogP contribution in [0.2, 0.25) is 0 Å². The summed E-state index contributed by atoms with van der Waals surface area (Å²) in [5, 5.41) is 19.6. The van der Waals surface area contributed by atoms with Crippen LogP contribution in [0.5, 0.6) is 17.2 Å². The van der Waals surface area contributed by atoms with Gasteiger partial charge in [-0.05, 0) is 61.1 Å². The van der Waals surface area contributed by atoms with Gasteiger partial charge in [-0.15, -0.1) is 0 Å². The number of aromatic hydroxyl groups is 2. The second-order valence-corrected chi connectivity index (χ2v) is 6.94. The van der Waals surface area contributed by atoms with Crippen molar-refractivity contribution in [2.24, 2.45) is 5.92 Å². The highest BCUT2D eigenvalue weighted by atomic mass is 16.5. The zero-order chi connectivity index (χ0) is 18.7. The number of hydrogen-bond acceptors (Lipinski definition) is 5. The lowest BCUT2D eigenvalue weighted by molar-refractivity contribution is -0.118. The third-order valence-corrected chi connectivity index (χ3v) is 4.68. The molecule has 5 heteroatoms. The Morgan fingerprint density at radius 1 is 1.19 bits per heavy atom. The molecular formula is C21H24O5. The van der Waals surface area contributed by atoms with E-state index in [9.17, 15) is 15.0 Å². The number of carbonyl (C=O) groups excluding carboxylic acids is 1. The molecule has 2 atom stereocenters. The van der Waals surface area contributed by atoms with E-state index in [1.54, 1.807) is 38.3 Å². The van der Waals surface area contributed by atoms with Crippen LogP contribution in [0.15, 0.2) is 36.4 Å². The van der Waals surface area contributed by atoms with E-state index < -0.39 is 0 Å². The van der Waals surface area contributed by atoms with Crippen molar-refractivity contribution in [1.82, 2.24) is 0 Å². The van der Waals surface area contributed by atoms with Crippen LogP contribution in [0.25, 0.3) is 0 Å². The molecule has 0 radical (unpaired) electrons. The fourth-order valence-corrected chi connectivity index (χ4v) is 3.64. The Labute approximate surface area is 153 Å². The largest absolute Gasteiger partial charge is 0.508 e. The molecule has 5 nitrogen and oxygen atoms in total. The molecule has 26 heavy (non-hydrogen) atoms. The van der Waals surface area contributed by atoms with Crippen LogP contribution in [-0.2, 0) is 22.6 Å². The Bertz CT molecular complexity index is 782. The molecule has 2 unspecified atom stereocenters. The molecule has 0 spiro atoms. The number of ketones is 1. The number of carbonyl (C=O) groups is 1. The van der Waals surface area contributed by atoms with Crippen molar-refractivity contribution in [3.63, 3.8) is 0 Å². The van der Waals surface area contributed by atoms with Crippen LogP contribution in [0, 0.1) is 5.92 Å². The maximum absolute atomic E-state index is 11.7. The normalized spacial score (nSPS) is 19.3. The number of hydrogen-bond donors (Lipinski definition) is 2. The molecule has 0 saturated carbocycles. The molecule has 2 aromatic carbocycles. The first-order valence-electron chi connectivity index (χ1n) is 8.75. The molecule has 1 aliphatic rings. The molecule has 0 aromatic heterocycles. The van der Waals surface area contributed by atoms with Gasteiger partial charge in [-0.25, -0.2) is 0 Å². The summed E-state index contributed by atoms with van der Waals surface area (Å²) in [6.45, 7) is 1.93. The van der Waals surface area contributed by atoms with Crippen LogP contribution in [-0.4, -0.2) is 23.1 Å². The summed E-state index contributed by atoms with van der Waals surface area (Å²) in [5.74, 6) is 1.34. The zero-order valence-electron chi connectivity index (χ0n) is 15.1. The highest BCUT2D eigenvalue weighted by Gasteiger charge is 2.29. The molecule has 0 aliphatic carbocycles. The summed E-state index contributed by atoms with van der Waals surface area (Å²) in [4.78, 5) is 11.7. The van der Waals surface area contributed by atoms with Gasteiger partial charge < -0.3 is 24.5 Å². The monoisotopic (exact) mass is 356 g/mol. The van der Waals surface area contributed by atoms with E-state index in [-0.39, 0.29) is 29.3 Å². The maximum atomic E-state index is 11.7. The van der Waals surface area contributed by atoms with E-state index >= 15 is 0 Å². The number of phenols is 2. The lowest BCUT2D eigenvalue weighted by Crippen LogP contribution is -2.14. The summed E-state index contributed by atoms with van der Waals surface area (Å²) in [5.41, 5.74) is 2.62. The standard InChI is InChI=1S/C21H24O5/c1-13(22)7-14-8-16-10-19(24)11-17(12-25-2)21(16)26-20(9-14)15-3-5-18(23)6-4-15/h3-6,10-11,14,20,23-24H,7-9,12H2,1-2H3. The van der Waals surface area contributed by atoms with Crippen LogP contribution in [0.3, 0.4) is 0 Å². The van der Waals surface area contributed by atoms with E-state index in [1.165, 1.54) is 0 Å². The Hall–Kier alpha value is -2.53. The molecule has 0 fully saturated rings. The summed E-state index contributed by atoms with van der Waals surface area (Å²) in [6.07, 6.45) is 1.58. The van der Waals surface area contributed by atoms with Crippen LogP contribution in [0.1, 0.15) is 42.6 Å². The second kappa shape index (κ2) is 7.79. The van der Waals surface area contributed by atoms with Gasteiger partial charge in [-0.3, -0.25) is 0 Å². The quantitative estimate of drug-likeness (QED) is 0.849. The van der Waals surface area contributed by atoms with E-state index in [2.05, 4.69) is 0 Å². The van der Waals surface area contributed by atoms with Gasteiger partial charge >= 0.3 is 0 Å². The maximum Gasteiger partial charge on any atom is 0.130 e. The lowest BCUT2D eigenvalue weighted by atomic mass is 9.88. The molecule has 0 saturated heterocycles. The second-order valence-electron chi connectivity index (χ2n) is 6.94. The van der Waals surface area contributed by atoms with Crippen molar-refractivity contribution in [3.8, 4) is 17.2 Å². The molecule has 2 aromatic rings. The summed E-state index contributed by atoms with van der Waals surface area (Å²) < 4.78 is 11.6. The first-order chi connectivity index (χ1) is 12.5. The number of ether oxygens (including phenoxy) is 2. The Kier molecular flexibility index (Phi) is 5.47. The lowest BCUT2D eigenvalue weighted by Gasteiger charge is -2.21. The summed E-state index contributed by atoms with van der Waals surface area (Å²) in [6, 6.07) is 10.3. The Balaban J connectivity index is 2.03. The summed E-state index contributed by atoms with van der Waals surface area (Å²) in [7, 11) is 1.60. The van der Waals surface area contributed by atoms with Gasteiger partial charge in [-0.1, -0.05) is 12.1 Å². The van der Waals surface area contributed by atoms with Gasteiger partial charge in [0, 0.05) is 19.1 Å². The van der Waals surface area contributed by atoms with Gasteiger partial charge in [0.25, 0.3) is 0 Å². The Morgan fingerprint density at radius 3 is 2.58 bits per heavy atom. The van der Waals surface area contributed by atoms with E-state index in [1.807, 2.05) is 12.1 Å². The molecule has 1 heterocycles. The zero-order valence-corrected chi connectivity index (χ0v) is 15.1. The Morgan fingerprint density at radius 2 is 1.92 bits per heavy atom. The highest BCUT2D eigenvalue weighted by Crippen LogP contribution is 2.41. The number of methoxy groups -OCH3 is 1. The molecule has 0 amide bonds. The average Bonchev–Trinajstić information content (AvgIpc) is 2.74. The van der Waals surface area contributed by atoms with Crippen LogP contribution < -0.4 is 4.74 Å². The highest BCUT2D eigenvalue weighted by molar-refractivity contribution is 5.75. The number of fused-ring (bicyclic) bond motifs is 1. The van der Waals surface area contributed by atoms with Gasteiger partial charge in [0.1, 0.15) is 29.1 Å². The van der Waals surface area contributed by atoms with Crippen molar-refractivity contribution < 1.29 is 24.5 Å². The van der Waals surface area contributed by atoms with Crippen molar-refractivity contribution in [2.45, 2.75) is 38.9 Å². The van der Waals surface area contributed by atoms with Crippen LogP contribution in [0.4, 0.5) is 0 Å². The predicted octanol–water partition coefficient (Wildman–Crippen LogP) is 3.91. The van der Waals surface area contributed by atoms with Gasteiger partial charge in [0.05, 0.1) is 6.61 Å².